The Labute approximate surface area is 253 Å². The Morgan fingerprint density at radius 3 is 2.67 bits per heavy atom. The van der Waals surface area contributed by atoms with Gasteiger partial charge in [0.05, 0.1) is 12.8 Å². The normalized spacial score (nSPS) is 44.2. The number of fused-ring (bicyclic) bond motifs is 7. The van der Waals surface area contributed by atoms with Crippen LogP contribution >= 0.6 is 23.4 Å². The minimum absolute atomic E-state index is 0.0310. The highest BCUT2D eigenvalue weighted by molar-refractivity contribution is 8.13. The summed E-state index contributed by atoms with van der Waals surface area (Å²) in [7, 11) is 0. The van der Waals surface area contributed by atoms with Crippen molar-refractivity contribution >= 4 is 34.3 Å². The highest BCUT2D eigenvalue weighted by Gasteiger charge is 2.84. The molecule has 1 aromatic rings. The van der Waals surface area contributed by atoms with Crippen molar-refractivity contribution in [3.63, 3.8) is 0 Å². The Bertz CT molecular complexity index is 1390. The molecular formula is C32H35ClF3NO4S. The van der Waals surface area contributed by atoms with Crippen molar-refractivity contribution in [3.8, 4) is 0 Å². The summed E-state index contributed by atoms with van der Waals surface area (Å²) in [6, 6.07) is 7.26. The van der Waals surface area contributed by atoms with E-state index in [0.29, 0.717) is 18.1 Å². The topological polar surface area (TPSA) is 66.8 Å². The fraction of sp³-hybridized carbons (Fsp3) is 0.562. The van der Waals surface area contributed by atoms with Crippen LogP contribution in [0.3, 0.4) is 0 Å². The molecule has 1 aromatic carbocycles. The lowest BCUT2D eigenvalue weighted by Gasteiger charge is -2.67. The number of aliphatic hydroxyl groups excluding tert-OH is 1. The molecule has 6 rings (SSSR count). The molecule has 10 heteroatoms. The summed E-state index contributed by atoms with van der Waals surface area (Å²) in [5.74, 6) is -2.00. The van der Waals surface area contributed by atoms with Gasteiger partial charge in [0.2, 0.25) is 5.12 Å². The van der Waals surface area contributed by atoms with E-state index in [1.165, 1.54) is 12.2 Å². The van der Waals surface area contributed by atoms with Crippen molar-refractivity contribution in [1.29, 1.82) is 0 Å². The minimum Gasteiger partial charge on any atom is -0.390 e. The summed E-state index contributed by atoms with van der Waals surface area (Å²) < 4.78 is 47.3. The average Bonchev–Trinajstić information content (AvgIpc) is 3.41. The number of aliphatic hydroxyl groups is 1. The highest BCUT2D eigenvalue weighted by atomic mass is 35.5. The van der Waals surface area contributed by atoms with Gasteiger partial charge in [-0.25, -0.2) is 8.78 Å². The Morgan fingerprint density at radius 2 is 2.00 bits per heavy atom. The number of hydroxylamine groups is 2. The van der Waals surface area contributed by atoms with Crippen LogP contribution in [0.15, 0.2) is 60.7 Å². The van der Waals surface area contributed by atoms with Crippen molar-refractivity contribution in [2.24, 2.45) is 28.1 Å². The second-order valence-corrected chi connectivity index (χ2v) is 14.4. The van der Waals surface area contributed by atoms with Crippen molar-refractivity contribution in [1.82, 2.24) is 5.06 Å². The fourth-order valence-corrected chi connectivity index (χ4v) is 10.4. The van der Waals surface area contributed by atoms with E-state index in [2.05, 4.69) is 6.58 Å². The molecule has 1 N–H and O–H groups in total. The quantitative estimate of drug-likeness (QED) is 0.384. The lowest BCUT2D eigenvalue weighted by molar-refractivity contribution is -0.280. The summed E-state index contributed by atoms with van der Waals surface area (Å²) in [5, 5.41) is 13.7. The molecule has 5 aliphatic rings. The van der Waals surface area contributed by atoms with Crippen LogP contribution < -0.4 is 0 Å². The summed E-state index contributed by atoms with van der Waals surface area (Å²) >= 11 is 6.90. The summed E-state index contributed by atoms with van der Waals surface area (Å²) in [5.41, 5.74) is -6.85. The molecule has 0 amide bonds. The van der Waals surface area contributed by atoms with E-state index in [4.69, 9.17) is 16.4 Å². The minimum atomic E-state index is -2.34. The third-order valence-electron chi connectivity index (χ3n) is 11.2. The number of hydrogen-bond acceptors (Lipinski definition) is 6. The van der Waals surface area contributed by atoms with Crippen molar-refractivity contribution in [2.75, 3.05) is 19.0 Å². The molecule has 5 nitrogen and oxygen atoms in total. The molecule has 3 saturated carbocycles. The van der Waals surface area contributed by atoms with Crippen molar-refractivity contribution < 1.29 is 32.7 Å². The van der Waals surface area contributed by atoms with Crippen LogP contribution in [-0.2, 0) is 21.0 Å². The molecule has 9 atom stereocenters. The molecule has 9 unspecified atom stereocenters. The number of alkyl halides is 3. The SMILES string of the molecule is C=CC12CC3CN(Cc4ccc(Cl)cc4)OC3(C(=O)SCCF)C1(C)CC(O)C1(F)C2CC(F)C2=CC(=O)C=CC21C. The Morgan fingerprint density at radius 1 is 1.29 bits per heavy atom. The van der Waals surface area contributed by atoms with E-state index in [1.807, 2.05) is 19.1 Å². The zero-order valence-electron chi connectivity index (χ0n) is 23.6. The number of carbonyl (C=O) groups is 2. The monoisotopic (exact) mass is 621 g/mol. The lowest BCUT2D eigenvalue weighted by Crippen LogP contribution is -2.73. The molecular weight excluding hydrogens is 587 g/mol. The van der Waals surface area contributed by atoms with Crippen LogP contribution in [0.5, 0.6) is 0 Å². The molecule has 1 saturated heterocycles. The van der Waals surface area contributed by atoms with Gasteiger partial charge < -0.3 is 5.11 Å². The van der Waals surface area contributed by atoms with Gasteiger partial charge in [-0.1, -0.05) is 54.6 Å². The molecule has 4 fully saturated rings. The maximum atomic E-state index is 17.9. The second-order valence-electron chi connectivity index (χ2n) is 12.9. The number of hydrogen-bond donors (Lipinski definition) is 1. The Balaban J connectivity index is 1.46. The van der Waals surface area contributed by atoms with Crippen molar-refractivity contribution in [3.05, 3.63) is 71.3 Å². The number of rotatable bonds is 6. The summed E-state index contributed by atoms with van der Waals surface area (Å²) in [6.07, 6.45) is 2.04. The van der Waals surface area contributed by atoms with Gasteiger partial charge in [-0.2, -0.15) is 5.06 Å². The van der Waals surface area contributed by atoms with E-state index in [-0.39, 0.29) is 35.7 Å². The van der Waals surface area contributed by atoms with E-state index >= 15 is 8.78 Å². The number of ketones is 1. The first-order chi connectivity index (χ1) is 19.8. The van der Waals surface area contributed by atoms with Crippen LogP contribution in [0.25, 0.3) is 0 Å². The molecule has 42 heavy (non-hydrogen) atoms. The van der Waals surface area contributed by atoms with Crippen LogP contribution in [0.2, 0.25) is 5.02 Å². The van der Waals surface area contributed by atoms with Crippen LogP contribution in [0.4, 0.5) is 13.2 Å². The maximum absolute atomic E-state index is 17.9. The van der Waals surface area contributed by atoms with E-state index < -0.39 is 64.1 Å². The number of carbonyl (C=O) groups excluding carboxylic acids is 2. The predicted octanol–water partition coefficient (Wildman–Crippen LogP) is 6.16. The largest absolute Gasteiger partial charge is 0.390 e. The first-order valence-electron chi connectivity index (χ1n) is 14.3. The Kier molecular flexibility index (Phi) is 7.22. The van der Waals surface area contributed by atoms with Gasteiger partial charge in [0.1, 0.15) is 6.17 Å². The lowest BCUT2D eigenvalue weighted by atomic mass is 9.39. The standard InChI is InChI=1S/C32H35ClF3NO4S/c1-4-30-15-20-18-37(17-19-5-7-21(33)8-6-19)41-32(20,27(40)42-12-11-34)29(30,3)16-26(39)31(36)25(30)14-24(35)23-13-22(38)9-10-28(23,31)2/h4-10,13,20,24-26,39H,1,11-12,14-18H2,2-3H3. The molecule has 4 aliphatic carbocycles. The Hall–Kier alpha value is -1.91. The molecule has 0 bridgehead atoms. The fourth-order valence-electron chi connectivity index (χ4n) is 9.33. The van der Waals surface area contributed by atoms with Gasteiger partial charge in [-0.15, -0.1) is 6.58 Å². The smallest absolute Gasteiger partial charge is 0.223 e. The van der Waals surface area contributed by atoms with Crippen LogP contribution in [-0.4, -0.2) is 63.6 Å². The molecule has 0 radical (unpaired) electrons. The highest BCUT2D eigenvalue weighted by Crippen LogP contribution is 2.78. The number of benzene rings is 1. The summed E-state index contributed by atoms with van der Waals surface area (Å²) in [4.78, 5) is 33.0. The van der Waals surface area contributed by atoms with Crippen LogP contribution in [0, 0.1) is 28.1 Å². The average molecular weight is 622 g/mol. The van der Waals surface area contributed by atoms with E-state index in [0.717, 1.165) is 23.4 Å². The van der Waals surface area contributed by atoms with Crippen molar-refractivity contribution in [2.45, 2.75) is 63.2 Å². The molecule has 0 spiro atoms. The zero-order chi connectivity index (χ0) is 30.3. The molecule has 1 heterocycles. The predicted molar refractivity (Wildman–Crippen MR) is 156 cm³/mol. The first-order valence-corrected chi connectivity index (χ1v) is 15.7. The van der Waals surface area contributed by atoms with Gasteiger partial charge in [0.25, 0.3) is 0 Å². The van der Waals surface area contributed by atoms with Gasteiger partial charge in [0, 0.05) is 51.9 Å². The van der Waals surface area contributed by atoms with E-state index in [9.17, 15) is 19.1 Å². The zero-order valence-corrected chi connectivity index (χ0v) is 25.2. The van der Waals surface area contributed by atoms with Gasteiger partial charge >= 0.3 is 0 Å². The summed E-state index contributed by atoms with van der Waals surface area (Å²) in [6.45, 7) is 7.46. The van der Waals surface area contributed by atoms with Crippen LogP contribution in [0.1, 0.15) is 38.7 Å². The first kappa shape index (κ1) is 30.1. The molecule has 226 valence electrons. The number of thioether (sulfide) groups is 1. The number of nitrogens with zero attached hydrogens (tertiary/aromatic N) is 1. The molecule has 1 aliphatic heterocycles. The number of halogens is 4. The second kappa shape index (κ2) is 10.1. The number of allylic oxidation sites excluding steroid dienone is 5. The third kappa shape index (κ3) is 3.69. The van der Waals surface area contributed by atoms with Gasteiger partial charge in [0.15, 0.2) is 17.1 Å². The van der Waals surface area contributed by atoms with Gasteiger partial charge in [-0.3, -0.25) is 18.8 Å². The van der Waals surface area contributed by atoms with Gasteiger partial charge in [-0.05, 0) is 61.6 Å². The molecule has 0 aromatic heterocycles. The maximum Gasteiger partial charge on any atom is 0.223 e. The van der Waals surface area contributed by atoms with E-state index in [1.54, 1.807) is 30.2 Å². The third-order valence-corrected chi connectivity index (χ3v) is 12.4.